The lowest BCUT2D eigenvalue weighted by atomic mass is 9.93. The highest BCUT2D eigenvalue weighted by atomic mass is 16.5. The highest BCUT2D eigenvalue weighted by Gasteiger charge is 2.37. The van der Waals surface area contributed by atoms with Gasteiger partial charge in [-0.25, -0.2) is 14.6 Å². The number of carbonyl (C=O) groups is 2. The molecule has 6 rings (SSSR count). The summed E-state index contributed by atoms with van der Waals surface area (Å²) in [6.45, 7) is 10.2. The monoisotopic (exact) mass is 680 g/mol. The molecule has 50 heavy (non-hydrogen) atoms. The zero-order chi connectivity index (χ0) is 35.6. The van der Waals surface area contributed by atoms with E-state index >= 15 is 0 Å². The molecule has 11 heteroatoms. The fourth-order valence-electron chi connectivity index (χ4n) is 7.52. The maximum atomic E-state index is 14.1. The van der Waals surface area contributed by atoms with Gasteiger partial charge in [0.1, 0.15) is 5.82 Å². The molecule has 1 aliphatic heterocycles. The molecule has 2 amide bonds. The Labute approximate surface area is 292 Å². The predicted molar refractivity (Wildman–Crippen MR) is 195 cm³/mol. The Hall–Kier alpha value is -4.90. The summed E-state index contributed by atoms with van der Waals surface area (Å²) in [6.07, 6.45) is 1.98. The molecule has 264 valence electrons. The molecule has 1 fully saturated rings. The van der Waals surface area contributed by atoms with Crippen molar-refractivity contribution in [2.45, 2.75) is 83.8 Å². The van der Waals surface area contributed by atoms with Gasteiger partial charge in [-0.05, 0) is 101 Å². The molecule has 0 unspecified atom stereocenters. The number of piperidine rings is 1. The summed E-state index contributed by atoms with van der Waals surface area (Å²) in [4.78, 5) is 51.0. The normalized spacial score (nSPS) is 15.9. The van der Waals surface area contributed by atoms with Crippen molar-refractivity contribution in [1.29, 1.82) is 0 Å². The summed E-state index contributed by atoms with van der Waals surface area (Å²) in [5.74, 6) is 1.00. The van der Waals surface area contributed by atoms with Gasteiger partial charge in [-0.1, -0.05) is 30.3 Å². The molecule has 1 saturated heterocycles. The van der Waals surface area contributed by atoms with Gasteiger partial charge in [-0.2, -0.15) is 0 Å². The van der Waals surface area contributed by atoms with E-state index in [1.807, 2.05) is 93.3 Å². The van der Waals surface area contributed by atoms with E-state index in [-0.39, 0.29) is 23.9 Å². The van der Waals surface area contributed by atoms with Crippen molar-refractivity contribution in [1.82, 2.24) is 28.9 Å². The molecular weight excluding hydrogens is 632 g/mol. The van der Waals surface area contributed by atoms with Crippen LogP contribution in [0.1, 0.15) is 69.3 Å². The summed E-state index contributed by atoms with van der Waals surface area (Å²) in [5, 5.41) is 10.4. The Balaban J connectivity index is 1.24. The second kappa shape index (κ2) is 14.5. The third kappa shape index (κ3) is 7.33. The molecule has 1 aliphatic rings. The highest BCUT2D eigenvalue weighted by Crippen LogP contribution is 2.31. The van der Waals surface area contributed by atoms with Crippen molar-refractivity contribution < 1.29 is 19.4 Å². The summed E-state index contributed by atoms with van der Waals surface area (Å²) in [6, 6.07) is 21.0. The molecule has 0 spiro atoms. The van der Waals surface area contributed by atoms with Crippen molar-refractivity contribution in [2.24, 2.45) is 0 Å². The predicted octanol–water partition coefficient (Wildman–Crippen LogP) is 6.50. The Bertz CT molecular complexity index is 2040. The van der Waals surface area contributed by atoms with Gasteiger partial charge in [0.25, 0.3) is 0 Å². The number of aromatic amines is 1. The fraction of sp³-hybridized carbons (Fsp3) is 0.436. The Kier molecular flexibility index (Phi) is 10.2. The van der Waals surface area contributed by atoms with Crippen LogP contribution in [0.4, 0.5) is 4.79 Å². The third-order valence-electron chi connectivity index (χ3n) is 9.76. The van der Waals surface area contributed by atoms with E-state index in [0.29, 0.717) is 31.8 Å². The smallest absolute Gasteiger partial charge is 0.408 e. The fourth-order valence-corrected chi connectivity index (χ4v) is 7.52. The number of fused-ring (bicyclic) bond motifs is 2. The molecule has 0 radical (unpaired) electrons. The number of aromatic nitrogens is 4. The number of amides is 2. The van der Waals surface area contributed by atoms with Gasteiger partial charge in [0.15, 0.2) is 0 Å². The number of nitrogens with one attached hydrogen (secondary N) is 1. The van der Waals surface area contributed by atoms with Crippen molar-refractivity contribution in [2.75, 3.05) is 26.8 Å². The Morgan fingerprint density at radius 1 is 1.08 bits per heavy atom. The van der Waals surface area contributed by atoms with Gasteiger partial charge in [0, 0.05) is 57.3 Å². The van der Waals surface area contributed by atoms with E-state index in [2.05, 4.69) is 15.6 Å². The average molecular weight is 681 g/mol. The van der Waals surface area contributed by atoms with Crippen molar-refractivity contribution >= 4 is 34.1 Å². The van der Waals surface area contributed by atoms with Crippen LogP contribution in [0, 0.1) is 6.92 Å². The largest absolute Gasteiger partial charge is 0.465 e. The lowest BCUT2D eigenvalue weighted by molar-refractivity contribution is -0.134. The molecule has 3 aromatic carbocycles. The van der Waals surface area contributed by atoms with Crippen LogP contribution in [-0.2, 0) is 22.5 Å². The summed E-state index contributed by atoms with van der Waals surface area (Å²) < 4.78 is 9.24. The standard InChI is InChI=1S/C39H48N6O5/c1-26-13-18-32-34(22-26)44(37(47)41-32)29-16-14-27(15-17-29)23-30(45(38(48)49)39(2,3)4)24-35(46)42-19-8-10-28(25-42)36-40-31-11-6-7-12-33(31)43(36)20-9-21-50-5/h6-7,11-18,22,28,30H,8-10,19-21,23-25H2,1-5H3,(H,41,47)(H,48,49)/t28-,30-/m1/s1. The number of nitrogens with zero attached hydrogens (tertiary/aromatic N) is 5. The number of methoxy groups -OCH3 is 1. The Morgan fingerprint density at radius 2 is 1.84 bits per heavy atom. The number of carboxylic acid groups (broad SMARTS) is 1. The van der Waals surface area contributed by atoms with Gasteiger partial charge in [0.05, 0.1) is 27.8 Å². The van der Waals surface area contributed by atoms with Crippen molar-refractivity contribution in [3.8, 4) is 5.69 Å². The molecule has 0 saturated carbocycles. The van der Waals surface area contributed by atoms with Crippen LogP contribution in [0.5, 0.6) is 0 Å². The second-order valence-electron chi connectivity index (χ2n) is 14.5. The van der Waals surface area contributed by atoms with Gasteiger partial charge >= 0.3 is 11.8 Å². The molecule has 0 bridgehead atoms. The van der Waals surface area contributed by atoms with Crippen molar-refractivity contribution in [3.63, 3.8) is 0 Å². The molecule has 11 nitrogen and oxygen atoms in total. The van der Waals surface area contributed by atoms with E-state index in [1.165, 1.54) is 4.90 Å². The van der Waals surface area contributed by atoms with E-state index in [0.717, 1.165) is 64.8 Å². The number of aryl methyl sites for hydroxylation is 2. The Morgan fingerprint density at radius 3 is 2.56 bits per heavy atom. The third-order valence-corrected chi connectivity index (χ3v) is 9.76. The molecule has 0 aliphatic carbocycles. The summed E-state index contributed by atoms with van der Waals surface area (Å²) in [5.41, 5.74) is 5.26. The quantitative estimate of drug-likeness (QED) is 0.154. The number of ether oxygens (including phenoxy) is 1. The first-order chi connectivity index (χ1) is 23.9. The zero-order valence-corrected chi connectivity index (χ0v) is 29.7. The number of likely N-dealkylation sites (tertiary alicyclic amines) is 1. The first-order valence-electron chi connectivity index (χ1n) is 17.5. The molecule has 3 heterocycles. The van der Waals surface area contributed by atoms with Crippen molar-refractivity contribution in [3.05, 3.63) is 94.2 Å². The maximum absolute atomic E-state index is 14.1. The number of hydrogen-bond acceptors (Lipinski definition) is 5. The number of para-hydroxylation sites is 2. The van der Waals surface area contributed by atoms with E-state index in [4.69, 9.17) is 9.72 Å². The van der Waals surface area contributed by atoms with Crippen LogP contribution in [0.3, 0.4) is 0 Å². The number of imidazole rings is 2. The van der Waals surface area contributed by atoms with E-state index in [9.17, 15) is 19.5 Å². The molecule has 5 aromatic rings. The SMILES string of the molecule is COCCCn1c([C@@H]2CCCN(C(=O)C[C@@H](Cc3ccc(-n4c(=O)[nH]c5ccc(C)cc54)cc3)N(C(=O)O)C(C)(C)C)C2)nc2ccccc21. The zero-order valence-electron chi connectivity index (χ0n) is 29.7. The van der Waals surface area contributed by atoms with Gasteiger partial charge in [-0.15, -0.1) is 0 Å². The lowest BCUT2D eigenvalue weighted by Gasteiger charge is -2.41. The lowest BCUT2D eigenvalue weighted by Crippen LogP contribution is -2.54. The number of hydrogen-bond donors (Lipinski definition) is 2. The van der Waals surface area contributed by atoms with E-state index in [1.54, 1.807) is 11.7 Å². The molecule has 2 aromatic heterocycles. The molecule has 2 N–H and O–H groups in total. The van der Waals surface area contributed by atoms with Gasteiger partial charge in [0.2, 0.25) is 5.91 Å². The minimum absolute atomic E-state index is 0.0590. The molecular formula is C39H48N6O5. The topological polar surface area (TPSA) is 126 Å². The minimum atomic E-state index is -1.06. The van der Waals surface area contributed by atoms with Crippen LogP contribution in [0.2, 0.25) is 0 Å². The maximum Gasteiger partial charge on any atom is 0.408 e. The van der Waals surface area contributed by atoms with E-state index < -0.39 is 17.7 Å². The number of carbonyl (C=O) groups excluding carboxylic acids is 1. The summed E-state index contributed by atoms with van der Waals surface area (Å²) in [7, 11) is 1.71. The van der Waals surface area contributed by atoms with Crippen LogP contribution in [-0.4, -0.2) is 84.4 Å². The van der Waals surface area contributed by atoms with Crippen LogP contribution in [0.25, 0.3) is 27.8 Å². The second-order valence-corrected chi connectivity index (χ2v) is 14.5. The number of H-pyrrole nitrogens is 1. The summed E-state index contributed by atoms with van der Waals surface area (Å²) >= 11 is 0. The van der Waals surface area contributed by atoms with Crippen LogP contribution >= 0.6 is 0 Å². The van der Waals surface area contributed by atoms with Crippen LogP contribution in [0.15, 0.2) is 71.5 Å². The molecule has 2 atom stereocenters. The minimum Gasteiger partial charge on any atom is -0.465 e. The first kappa shape index (κ1) is 34.9. The number of rotatable bonds is 11. The first-order valence-corrected chi connectivity index (χ1v) is 17.5. The van der Waals surface area contributed by atoms with Gasteiger partial charge < -0.3 is 24.3 Å². The number of benzene rings is 3. The van der Waals surface area contributed by atoms with Crippen LogP contribution < -0.4 is 5.69 Å². The van der Waals surface area contributed by atoms with Gasteiger partial charge in [-0.3, -0.25) is 14.3 Å². The average Bonchev–Trinajstić information content (AvgIpc) is 3.61. The highest BCUT2D eigenvalue weighted by molar-refractivity contribution is 5.79.